The lowest BCUT2D eigenvalue weighted by atomic mass is 10.1. The second-order valence-corrected chi connectivity index (χ2v) is 12.9. The second kappa shape index (κ2) is 11.2. The normalized spacial score (nSPS) is 12.1. The van der Waals surface area contributed by atoms with Gasteiger partial charge in [0.1, 0.15) is 17.3 Å². The average molecular weight is 559 g/mol. The number of carbonyl (C=O) groups excluding carboxylic acids is 1. The van der Waals surface area contributed by atoms with Gasteiger partial charge in [-0.15, -0.1) is 21.5 Å². The maximum Gasteiger partial charge on any atom is 0.241 e. The van der Waals surface area contributed by atoms with E-state index in [1.165, 1.54) is 17.4 Å². The van der Waals surface area contributed by atoms with Crippen LogP contribution in [-0.2, 0) is 36.0 Å². The maximum absolute atomic E-state index is 12.5. The van der Waals surface area contributed by atoms with E-state index in [4.69, 9.17) is 4.42 Å². The minimum atomic E-state index is -3.98. The van der Waals surface area contributed by atoms with Gasteiger partial charge in [0.15, 0.2) is 24.8 Å². The van der Waals surface area contributed by atoms with E-state index in [9.17, 15) is 21.6 Å². The van der Waals surface area contributed by atoms with E-state index in [0.29, 0.717) is 11.3 Å². The van der Waals surface area contributed by atoms with Crippen molar-refractivity contribution in [1.29, 1.82) is 0 Å². The molecule has 10 nitrogen and oxygen atoms in total. The van der Waals surface area contributed by atoms with Crippen molar-refractivity contribution in [3.63, 3.8) is 0 Å². The van der Waals surface area contributed by atoms with Crippen molar-refractivity contribution < 1.29 is 26.0 Å². The monoisotopic (exact) mass is 558 g/mol. The van der Waals surface area contributed by atoms with Gasteiger partial charge in [0.2, 0.25) is 17.7 Å². The first-order valence-electron chi connectivity index (χ1n) is 10.9. The Balaban J connectivity index is 1.32. The summed E-state index contributed by atoms with van der Waals surface area (Å²) in [5.74, 6) is -3.45. The largest absolute Gasteiger partial charge is 0.423 e. The zero-order valence-corrected chi connectivity index (χ0v) is 22.0. The van der Waals surface area contributed by atoms with Gasteiger partial charge in [0.25, 0.3) is 0 Å². The summed E-state index contributed by atoms with van der Waals surface area (Å²) >= 11 is 1.18. The molecule has 0 aliphatic carbocycles. The molecule has 4 aromatic rings. The molecule has 0 fully saturated rings. The van der Waals surface area contributed by atoms with Gasteiger partial charge in [-0.05, 0) is 18.6 Å². The summed E-state index contributed by atoms with van der Waals surface area (Å²) in [4.78, 5) is 16.6. The third kappa shape index (κ3) is 7.90. The molecular formula is C24H22N4O6S3. The van der Waals surface area contributed by atoms with Crippen LogP contribution in [0.25, 0.3) is 17.3 Å². The topological polar surface area (TPSA) is 149 Å². The molecule has 1 amide bonds. The van der Waals surface area contributed by atoms with E-state index in [1.54, 1.807) is 29.6 Å². The standard InChI is InChI=1S/C24H22N4O6S3/c1-17-7-9-19(10-8-17)20-13-35-24(25-20)26-21(29)14-37(32,33)16-23-28-27-22(34-23)15-36(30,31)12-11-18-5-3-2-4-6-18/h2-13H,14-16H2,1H3,(H,25,26,29)/b12-11-. The van der Waals surface area contributed by atoms with E-state index in [2.05, 4.69) is 20.5 Å². The number of benzene rings is 2. The fourth-order valence-electron chi connectivity index (χ4n) is 3.15. The number of aryl methyl sites for hydroxylation is 1. The summed E-state index contributed by atoms with van der Waals surface area (Å²) in [7, 11) is -7.71. The SMILES string of the molecule is Cc1ccc(-c2csc(NC(=O)CS(=O)(=O)Cc3nnc(CS(=O)(=O)/C=C\c4ccccc4)o3)n2)cc1. The van der Waals surface area contributed by atoms with Crippen LogP contribution in [0.15, 0.2) is 69.8 Å². The third-order valence-electron chi connectivity index (χ3n) is 4.89. The van der Waals surface area contributed by atoms with Gasteiger partial charge in [-0.3, -0.25) is 4.79 Å². The lowest BCUT2D eigenvalue weighted by Crippen LogP contribution is -2.24. The number of rotatable bonds is 10. The molecule has 0 aliphatic rings. The van der Waals surface area contributed by atoms with Crippen LogP contribution < -0.4 is 5.32 Å². The number of amides is 1. The highest BCUT2D eigenvalue weighted by atomic mass is 32.2. The van der Waals surface area contributed by atoms with Crippen LogP contribution in [0, 0.1) is 6.92 Å². The molecule has 2 heterocycles. The van der Waals surface area contributed by atoms with E-state index in [-0.39, 0.29) is 16.9 Å². The summed E-state index contributed by atoms with van der Waals surface area (Å²) in [6.45, 7) is 1.97. The molecule has 0 bridgehead atoms. The molecule has 0 unspecified atom stereocenters. The highest BCUT2D eigenvalue weighted by Crippen LogP contribution is 2.25. The highest BCUT2D eigenvalue weighted by molar-refractivity contribution is 7.93. The third-order valence-corrected chi connectivity index (χ3v) is 8.24. The van der Waals surface area contributed by atoms with Gasteiger partial charge in [-0.1, -0.05) is 60.2 Å². The highest BCUT2D eigenvalue weighted by Gasteiger charge is 2.23. The molecule has 1 N–H and O–H groups in total. The predicted molar refractivity (Wildman–Crippen MR) is 141 cm³/mol. The summed E-state index contributed by atoms with van der Waals surface area (Å²) in [5, 5.41) is 12.8. The second-order valence-electron chi connectivity index (χ2n) is 8.09. The van der Waals surface area contributed by atoms with Crippen molar-refractivity contribution in [2.75, 3.05) is 11.1 Å². The Morgan fingerprint density at radius 3 is 2.35 bits per heavy atom. The molecule has 13 heteroatoms. The van der Waals surface area contributed by atoms with E-state index >= 15 is 0 Å². The fraction of sp³-hybridized carbons (Fsp3) is 0.167. The smallest absolute Gasteiger partial charge is 0.241 e. The van der Waals surface area contributed by atoms with Crippen LogP contribution in [-0.4, -0.2) is 43.7 Å². The number of nitrogens with zero attached hydrogens (tertiary/aromatic N) is 3. The molecule has 0 radical (unpaired) electrons. The van der Waals surface area contributed by atoms with Crippen molar-refractivity contribution in [1.82, 2.24) is 15.2 Å². The number of sulfone groups is 2. The van der Waals surface area contributed by atoms with Crippen LogP contribution in [0.1, 0.15) is 22.9 Å². The first-order valence-corrected chi connectivity index (χ1v) is 15.3. The predicted octanol–water partition coefficient (Wildman–Crippen LogP) is 3.64. The van der Waals surface area contributed by atoms with Gasteiger partial charge in [-0.25, -0.2) is 21.8 Å². The number of thiazole rings is 1. The lowest BCUT2D eigenvalue weighted by Gasteiger charge is -2.02. The maximum atomic E-state index is 12.5. The van der Waals surface area contributed by atoms with Gasteiger partial charge in [-0.2, -0.15) is 0 Å². The zero-order valence-electron chi connectivity index (χ0n) is 19.6. The Morgan fingerprint density at radius 2 is 1.65 bits per heavy atom. The quantitative estimate of drug-likeness (QED) is 0.308. The van der Waals surface area contributed by atoms with Gasteiger partial charge in [0, 0.05) is 16.4 Å². The summed E-state index contributed by atoms with van der Waals surface area (Å²) in [5.41, 5.74) is 3.34. The molecule has 0 saturated carbocycles. The van der Waals surface area contributed by atoms with Crippen molar-refractivity contribution in [2.24, 2.45) is 0 Å². The fourth-order valence-corrected chi connectivity index (χ4v) is 5.88. The molecule has 2 aromatic carbocycles. The Bertz CT molecular complexity index is 1620. The van der Waals surface area contributed by atoms with E-state index in [1.807, 2.05) is 37.3 Å². The Hall–Kier alpha value is -3.68. The molecule has 2 aromatic heterocycles. The summed E-state index contributed by atoms with van der Waals surface area (Å²) in [6.07, 6.45) is 1.43. The van der Waals surface area contributed by atoms with Crippen LogP contribution in [0.3, 0.4) is 0 Å². The van der Waals surface area contributed by atoms with Gasteiger partial charge >= 0.3 is 0 Å². The van der Waals surface area contributed by atoms with Crippen molar-refractivity contribution >= 4 is 48.1 Å². The minimum absolute atomic E-state index is 0.251. The van der Waals surface area contributed by atoms with Crippen LogP contribution in [0.5, 0.6) is 0 Å². The molecule has 0 aliphatic heterocycles. The van der Waals surface area contributed by atoms with E-state index in [0.717, 1.165) is 16.5 Å². The molecule has 192 valence electrons. The Morgan fingerprint density at radius 1 is 0.973 bits per heavy atom. The van der Waals surface area contributed by atoms with E-state index < -0.39 is 42.8 Å². The van der Waals surface area contributed by atoms with Crippen molar-refractivity contribution in [3.8, 4) is 11.3 Å². The van der Waals surface area contributed by atoms with Crippen LogP contribution in [0.4, 0.5) is 5.13 Å². The van der Waals surface area contributed by atoms with Gasteiger partial charge < -0.3 is 9.73 Å². The Kier molecular flexibility index (Phi) is 7.95. The number of anilines is 1. The first kappa shape index (κ1) is 26.4. The number of hydrogen-bond acceptors (Lipinski definition) is 10. The van der Waals surface area contributed by atoms with Gasteiger partial charge in [0.05, 0.1) is 5.69 Å². The number of aromatic nitrogens is 3. The van der Waals surface area contributed by atoms with Crippen molar-refractivity contribution in [3.05, 3.63) is 88.3 Å². The number of nitrogens with one attached hydrogen (secondary N) is 1. The Labute approximate surface area is 217 Å². The molecule has 4 rings (SSSR count). The summed E-state index contributed by atoms with van der Waals surface area (Å²) < 4.78 is 54.8. The number of carbonyl (C=O) groups is 1. The summed E-state index contributed by atoms with van der Waals surface area (Å²) in [6, 6.07) is 16.6. The van der Waals surface area contributed by atoms with Crippen LogP contribution in [0.2, 0.25) is 0 Å². The van der Waals surface area contributed by atoms with Crippen molar-refractivity contribution in [2.45, 2.75) is 18.4 Å². The number of hydrogen-bond donors (Lipinski definition) is 1. The minimum Gasteiger partial charge on any atom is -0.423 e. The molecule has 0 saturated heterocycles. The molecular weight excluding hydrogens is 536 g/mol. The van der Waals surface area contributed by atoms with Crippen LogP contribution >= 0.6 is 11.3 Å². The first-order chi connectivity index (χ1) is 17.6. The average Bonchev–Trinajstić information content (AvgIpc) is 3.47. The molecule has 0 atom stereocenters. The zero-order chi connectivity index (χ0) is 26.5. The molecule has 37 heavy (non-hydrogen) atoms. The molecule has 0 spiro atoms. The lowest BCUT2D eigenvalue weighted by molar-refractivity contribution is -0.113.